The Morgan fingerprint density at radius 1 is 1.20 bits per heavy atom. The summed E-state index contributed by atoms with van der Waals surface area (Å²) in [5, 5.41) is 10.6. The molecule has 0 fully saturated rings. The number of halogens is 1. The van der Waals surface area contributed by atoms with Crippen LogP contribution in [0.1, 0.15) is 15.9 Å². The van der Waals surface area contributed by atoms with Crippen molar-refractivity contribution >= 4 is 12.0 Å². The molecule has 102 valence electrons. The van der Waals surface area contributed by atoms with Gasteiger partial charge < -0.3 is 4.74 Å². The van der Waals surface area contributed by atoms with E-state index in [-0.39, 0.29) is 12.3 Å². The highest BCUT2D eigenvalue weighted by atomic mass is 19.1. The molecule has 5 nitrogen and oxygen atoms in total. The van der Waals surface area contributed by atoms with Crippen LogP contribution in [0.2, 0.25) is 0 Å². The van der Waals surface area contributed by atoms with Gasteiger partial charge in [-0.15, -0.1) is 0 Å². The molecule has 0 heterocycles. The van der Waals surface area contributed by atoms with Crippen LogP contribution in [0.5, 0.6) is 5.75 Å². The summed E-state index contributed by atoms with van der Waals surface area (Å²) in [6.45, 7) is -0.000956. The number of ether oxygens (including phenoxy) is 1. The molecule has 0 spiro atoms. The molecule has 0 atom stereocenters. The molecule has 6 heteroatoms. The molecular weight excluding hydrogens is 265 g/mol. The highest BCUT2D eigenvalue weighted by molar-refractivity contribution is 5.74. The number of carbonyl (C=O) groups is 1. The molecule has 0 aromatic heterocycles. The van der Waals surface area contributed by atoms with E-state index in [1.165, 1.54) is 12.1 Å². The maximum atomic E-state index is 13.2. The SMILES string of the molecule is O=Cc1ccc(OCc2cc(F)cc([N+](=O)[O-])c2)cc1. The van der Waals surface area contributed by atoms with Crippen molar-refractivity contribution in [1.82, 2.24) is 0 Å². The Labute approximate surface area is 113 Å². The third-order valence-electron chi connectivity index (χ3n) is 2.57. The number of rotatable bonds is 5. The summed E-state index contributed by atoms with van der Waals surface area (Å²) in [6.07, 6.45) is 0.708. The lowest BCUT2D eigenvalue weighted by atomic mass is 10.2. The van der Waals surface area contributed by atoms with Crippen molar-refractivity contribution in [2.24, 2.45) is 0 Å². The molecule has 0 N–H and O–H groups in total. The summed E-state index contributed by atoms with van der Waals surface area (Å²) < 4.78 is 18.6. The van der Waals surface area contributed by atoms with Gasteiger partial charge in [-0.05, 0) is 35.9 Å². The molecule has 0 aliphatic heterocycles. The molecule has 0 bridgehead atoms. The fourth-order valence-corrected chi connectivity index (χ4v) is 1.63. The van der Waals surface area contributed by atoms with Gasteiger partial charge in [-0.2, -0.15) is 0 Å². The molecule has 2 rings (SSSR count). The van der Waals surface area contributed by atoms with Gasteiger partial charge in [0.15, 0.2) is 0 Å². The van der Waals surface area contributed by atoms with Crippen molar-refractivity contribution < 1.29 is 18.8 Å². The minimum absolute atomic E-state index is 0.000956. The van der Waals surface area contributed by atoms with E-state index in [2.05, 4.69) is 0 Å². The first kappa shape index (κ1) is 13.7. The van der Waals surface area contributed by atoms with Crippen LogP contribution < -0.4 is 4.74 Å². The van der Waals surface area contributed by atoms with Crippen LogP contribution in [0.4, 0.5) is 10.1 Å². The first-order valence-electron chi connectivity index (χ1n) is 5.70. The molecular formula is C14H10FNO4. The number of nitro benzene ring substituents is 1. The predicted octanol–water partition coefficient (Wildman–Crippen LogP) is 3.13. The van der Waals surface area contributed by atoms with E-state index in [9.17, 15) is 19.3 Å². The third-order valence-corrected chi connectivity index (χ3v) is 2.57. The lowest BCUT2D eigenvalue weighted by Crippen LogP contribution is -1.98. The molecule has 0 saturated heterocycles. The minimum Gasteiger partial charge on any atom is -0.489 e. The smallest absolute Gasteiger partial charge is 0.272 e. The van der Waals surface area contributed by atoms with Crippen molar-refractivity contribution in [3.63, 3.8) is 0 Å². The maximum Gasteiger partial charge on any atom is 0.272 e. The molecule has 0 radical (unpaired) electrons. The summed E-state index contributed by atoms with van der Waals surface area (Å²) in [5.74, 6) is -0.198. The van der Waals surface area contributed by atoms with Crippen LogP contribution in [0.25, 0.3) is 0 Å². The van der Waals surface area contributed by atoms with Crippen molar-refractivity contribution in [2.75, 3.05) is 0 Å². The molecule has 0 amide bonds. The van der Waals surface area contributed by atoms with Gasteiger partial charge in [-0.1, -0.05) is 0 Å². The molecule has 20 heavy (non-hydrogen) atoms. The van der Waals surface area contributed by atoms with Gasteiger partial charge in [0.05, 0.1) is 11.0 Å². The topological polar surface area (TPSA) is 69.4 Å². The zero-order valence-corrected chi connectivity index (χ0v) is 10.3. The van der Waals surface area contributed by atoms with Gasteiger partial charge in [0.1, 0.15) is 24.5 Å². The number of non-ortho nitro benzene ring substituents is 1. The highest BCUT2D eigenvalue weighted by Crippen LogP contribution is 2.18. The monoisotopic (exact) mass is 275 g/mol. The normalized spacial score (nSPS) is 10.1. The highest BCUT2D eigenvalue weighted by Gasteiger charge is 2.10. The number of benzene rings is 2. The zero-order valence-electron chi connectivity index (χ0n) is 10.3. The Balaban J connectivity index is 2.09. The molecule has 2 aromatic rings. The van der Waals surface area contributed by atoms with E-state index in [0.29, 0.717) is 23.2 Å². The second kappa shape index (κ2) is 5.92. The Bertz CT molecular complexity index is 640. The Kier molecular flexibility index (Phi) is 4.05. The zero-order chi connectivity index (χ0) is 14.5. The Hall–Kier alpha value is -2.76. The predicted molar refractivity (Wildman–Crippen MR) is 69.2 cm³/mol. The van der Waals surface area contributed by atoms with E-state index in [1.54, 1.807) is 24.3 Å². The summed E-state index contributed by atoms with van der Waals surface area (Å²) in [4.78, 5) is 20.4. The fourth-order valence-electron chi connectivity index (χ4n) is 1.63. The number of nitro groups is 1. The second-order valence-corrected chi connectivity index (χ2v) is 4.05. The van der Waals surface area contributed by atoms with Crippen molar-refractivity contribution in [2.45, 2.75) is 6.61 Å². The van der Waals surface area contributed by atoms with Crippen molar-refractivity contribution in [3.8, 4) is 5.75 Å². The lowest BCUT2D eigenvalue weighted by Gasteiger charge is -2.06. The quantitative estimate of drug-likeness (QED) is 0.477. The first-order chi connectivity index (χ1) is 9.58. The van der Waals surface area contributed by atoms with Crippen LogP contribution in [0, 0.1) is 15.9 Å². The average Bonchev–Trinajstić information content (AvgIpc) is 2.45. The molecule has 0 unspecified atom stereocenters. The summed E-state index contributed by atoms with van der Waals surface area (Å²) in [5.41, 5.74) is 0.551. The van der Waals surface area contributed by atoms with Gasteiger partial charge in [0, 0.05) is 11.6 Å². The summed E-state index contributed by atoms with van der Waals surface area (Å²) in [7, 11) is 0. The van der Waals surface area contributed by atoms with Crippen LogP contribution in [0.15, 0.2) is 42.5 Å². The van der Waals surface area contributed by atoms with Gasteiger partial charge in [-0.3, -0.25) is 14.9 Å². The average molecular weight is 275 g/mol. The van der Waals surface area contributed by atoms with Crippen LogP contribution >= 0.6 is 0 Å². The van der Waals surface area contributed by atoms with Gasteiger partial charge in [0.2, 0.25) is 0 Å². The van der Waals surface area contributed by atoms with Gasteiger partial charge in [0.25, 0.3) is 5.69 Å². The van der Waals surface area contributed by atoms with E-state index in [0.717, 1.165) is 6.07 Å². The number of hydrogen-bond donors (Lipinski definition) is 0. The molecule has 0 aliphatic rings. The van der Waals surface area contributed by atoms with Crippen molar-refractivity contribution in [1.29, 1.82) is 0 Å². The standard InChI is InChI=1S/C14H10FNO4/c15-12-5-11(6-13(7-12)16(18)19)9-20-14-3-1-10(8-17)2-4-14/h1-8H,9H2. The number of aldehydes is 1. The van der Waals surface area contributed by atoms with E-state index < -0.39 is 10.7 Å². The summed E-state index contributed by atoms with van der Waals surface area (Å²) in [6, 6.07) is 9.62. The van der Waals surface area contributed by atoms with Gasteiger partial charge >= 0.3 is 0 Å². The van der Waals surface area contributed by atoms with Crippen molar-refractivity contribution in [3.05, 3.63) is 69.5 Å². The minimum atomic E-state index is -0.686. The van der Waals surface area contributed by atoms with Gasteiger partial charge in [-0.25, -0.2) is 4.39 Å². The number of nitrogens with zero attached hydrogens (tertiary/aromatic N) is 1. The second-order valence-electron chi connectivity index (χ2n) is 4.05. The number of hydrogen-bond acceptors (Lipinski definition) is 4. The van der Waals surface area contributed by atoms with E-state index >= 15 is 0 Å². The fraction of sp³-hybridized carbons (Fsp3) is 0.0714. The first-order valence-corrected chi connectivity index (χ1v) is 5.70. The van der Waals surface area contributed by atoms with E-state index in [4.69, 9.17) is 4.74 Å². The van der Waals surface area contributed by atoms with Crippen LogP contribution in [-0.2, 0) is 6.61 Å². The Morgan fingerprint density at radius 3 is 2.50 bits per heavy atom. The number of carbonyl (C=O) groups excluding carboxylic acids is 1. The lowest BCUT2D eigenvalue weighted by molar-refractivity contribution is -0.385. The molecule has 2 aromatic carbocycles. The largest absolute Gasteiger partial charge is 0.489 e. The molecule has 0 aliphatic carbocycles. The molecule has 0 saturated carbocycles. The van der Waals surface area contributed by atoms with E-state index in [1.807, 2.05) is 0 Å². The summed E-state index contributed by atoms with van der Waals surface area (Å²) >= 11 is 0. The third kappa shape index (κ3) is 3.38. The van der Waals surface area contributed by atoms with Crippen LogP contribution in [0.3, 0.4) is 0 Å². The van der Waals surface area contributed by atoms with Crippen LogP contribution in [-0.4, -0.2) is 11.2 Å². The maximum absolute atomic E-state index is 13.2. The Morgan fingerprint density at radius 2 is 1.90 bits per heavy atom.